The average Bonchev–Trinajstić information content (AvgIpc) is 3.12. The summed E-state index contributed by atoms with van der Waals surface area (Å²) in [6.45, 7) is 3.76. The molecule has 0 amide bonds. The van der Waals surface area contributed by atoms with Crippen LogP contribution in [-0.2, 0) is 16.0 Å². The van der Waals surface area contributed by atoms with Crippen LogP contribution in [0.1, 0.15) is 51.8 Å². The van der Waals surface area contributed by atoms with Crippen molar-refractivity contribution in [1.82, 2.24) is 9.97 Å². The number of methoxy groups -OCH3 is 1. The zero-order valence-corrected chi connectivity index (χ0v) is 14.4. The molecule has 2 rings (SSSR count). The number of hydrogen-bond donors (Lipinski definition) is 0. The van der Waals surface area contributed by atoms with Gasteiger partial charge in [0.1, 0.15) is 18.1 Å². The van der Waals surface area contributed by atoms with Crippen molar-refractivity contribution in [3.8, 4) is 0 Å². The Morgan fingerprint density at radius 1 is 1.46 bits per heavy atom. The molecule has 1 aliphatic carbocycles. The Balaban J connectivity index is 2.57. The molecule has 1 atom stereocenters. The van der Waals surface area contributed by atoms with Gasteiger partial charge in [-0.15, -0.1) is 0 Å². The molecule has 1 aromatic rings. The van der Waals surface area contributed by atoms with Gasteiger partial charge in [0.05, 0.1) is 12.0 Å². The van der Waals surface area contributed by atoms with Crippen molar-refractivity contribution >= 4 is 17.5 Å². The number of carbonyl (C=O) groups excluding carboxylic acids is 1. The van der Waals surface area contributed by atoms with E-state index < -0.39 is 16.9 Å². The number of anilines is 1. The molecule has 0 aromatic carbocycles. The van der Waals surface area contributed by atoms with Gasteiger partial charge in [0.15, 0.2) is 0 Å². The van der Waals surface area contributed by atoms with Gasteiger partial charge >= 0.3 is 11.7 Å². The van der Waals surface area contributed by atoms with Crippen LogP contribution in [0.4, 0.5) is 11.5 Å². The molecule has 1 fully saturated rings. The Kier molecular flexibility index (Phi) is 6.05. The van der Waals surface area contributed by atoms with Gasteiger partial charge in [0.2, 0.25) is 5.82 Å². The number of rotatable bonds is 7. The van der Waals surface area contributed by atoms with Gasteiger partial charge in [-0.25, -0.2) is 14.8 Å². The van der Waals surface area contributed by atoms with E-state index in [4.69, 9.17) is 4.74 Å². The molecule has 0 aliphatic heterocycles. The van der Waals surface area contributed by atoms with E-state index in [9.17, 15) is 14.9 Å². The molecule has 1 unspecified atom stereocenters. The number of nitrogens with zero attached hydrogens (tertiary/aromatic N) is 4. The van der Waals surface area contributed by atoms with Crippen molar-refractivity contribution in [1.29, 1.82) is 0 Å². The van der Waals surface area contributed by atoms with E-state index in [1.165, 1.54) is 13.3 Å². The summed E-state index contributed by atoms with van der Waals surface area (Å²) in [5, 5.41) is 11.5. The highest BCUT2D eigenvalue weighted by Crippen LogP contribution is 2.35. The van der Waals surface area contributed by atoms with Crippen LogP contribution in [0.3, 0.4) is 0 Å². The summed E-state index contributed by atoms with van der Waals surface area (Å²) in [5.41, 5.74) is -0.165. The Hall–Kier alpha value is -2.25. The van der Waals surface area contributed by atoms with E-state index in [1.807, 2.05) is 13.8 Å². The highest BCUT2D eigenvalue weighted by molar-refractivity contribution is 5.81. The van der Waals surface area contributed by atoms with Gasteiger partial charge in [0.25, 0.3) is 0 Å². The van der Waals surface area contributed by atoms with Gasteiger partial charge in [-0.2, -0.15) is 0 Å². The van der Waals surface area contributed by atoms with E-state index in [2.05, 4.69) is 9.97 Å². The smallest absolute Gasteiger partial charge is 0.329 e. The first kappa shape index (κ1) is 18.1. The number of nitro groups is 1. The van der Waals surface area contributed by atoms with Gasteiger partial charge in [-0.1, -0.05) is 26.7 Å². The second kappa shape index (κ2) is 8.03. The Bertz CT molecular complexity index is 602. The highest BCUT2D eigenvalue weighted by atomic mass is 16.6. The summed E-state index contributed by atoms with van der Waals surface area (Å²) < 4.78 is 4.93. The predicted molar refractivity (Wildman–Crippen MR) is 88.9 cm³/mol. The minimum absolute atomic E-state index is 0.0485. The van der Waals surface area contributed by atoms with Crippen LogP contribution in [0.15, 0.2) is 6.20 Å². The predicted octanol–water partition coefficient (Wildman–Crippen LogP) is 2.65. The maximum Gasteiger partial charge on any atom is 0.329 e. The molecular formula is C16H24N4O4. The summed E-state index contributed by atoms with van der Waals surface area (Å²) in [4.78, 5) is 33.5. The first-order valence-electron chi connectivity index (χ1n) is 8.39. The van der Waals surface area contributed by atoms with E-state index >= 15 is 0 Å². The van der Waals surface area contributed by atoms with Gasteiger partial charge in [-0.3, -0.25) is 10.1 Å². The minimum atomic E-state index is -0.587. The zero-order chi connectivity index (χ0) is 17.7. The van der Waals surface area contributed by atoms with Crippen molar-refractivity contribution in [2.45, 2.75) is 64.5 Å². The molecule has 8 nitrogen and oxygen atoms in total. The molecule has 0 spiro atoms. The fourth-order valence-electron chi connectivity index (χ4n) is 3.26. The number of carbonyl (C=O) groups is 1. The second-order valence-corrected chi connectivity index (χ2v) is 5.90. The molecule has 0 radical (unpaired) electrons. The summed E-state index contributed by atoms with van der Waals surface area (Å²) in [5.74, 6) is 0.365. The molecule has 8 heteroatoms. The number of ether oxygens (including phenoxy) is 1. The lowest BCUT2D eigenvalue weighted by molar-refractivity contribution is -0.384. The van der Waals surface area contributed by atoms with Crippen LogP contribution in [0, 0.1) is 10.1 Å². The van der Waals surface area contributed by atoms with E-state index in [-0.39, 0.29) is 17.5 Å². The summed E-state index contributed by atoms with van der Waals surface area (Å²) in [6.07, 6.45) is 6.15. The largest absolute Gasteiger partial charge is 0.467 e. The summed E-state index contributed by atoms with van der Waals surface area (Å²) >= 11 is 0. The van der Waals surface area contributed by atoms with Crippen LogP contribution < -0.4 is 4.90 Å². The average molecular weight is 336 g/mol. The normalized spacial score (nSPS) is 16.0. The molecule has 1 aliphatic rings. The lowest BCUT2D eigenvalue weighted by Crippen LogP contribution is -2.47. The number of hydrogen-bond acceptors (Lipinski definition) is 7. The maximum atomic E-state index is 12.3. The number of aromatic nitrogens is 2. The first-order chi connectivity index (χ1) is 11.5. The fraction of sp³-hybridized carbons (Fsp3) is 0.688. The molecule has 0 N–H and O–H groups in total. The van der Waals surface area contributed by atoms with Crippen molar-refractivity contribution in [3.05, 3.63) is 22.1 Å². The number of esters is 1. The number of aryl methyl sites for hydroxylation is 1. The third kappa shape index (κ3) is 3.63. The quantitative estimate of drug-likeness (QED) is 0.429. The van der Waals surface area contributed by atoms with Crippen molar-refractivity contribution in [2.75, 3.05) is 12.0 Å². The molecule has 132 valence electrons. The van der Waals surface area contributed by atoms with Gasteiger partial charge < -0.3 is 9.64 Å². The molecule has 1 aromatic heterocycles. The third-order valence-electron chi connectivity index (χ3n) is 4.47. The molecule has 1 heterocycles. The van der Waals surface area contributed by atoms with E-state index in [0.29, 0.717) is 18.7 Å². The van der Waals surface area contributed by atoms with Crippen molar-refractivity contribution in [2.24, 2.45) is 0 Å². The van der Waals surface area contributed by atoms with E-state index in [0.717, 1.165) is 25.7 Å². The first-order valence-corrected chi connectivity index (χ1v) is 8.39. The van der Waals surface area contributed by atoms with Crippen LogP contribution in [0.25, 0.3) is 0 Å². The lowest BCUT2D eigenvalue weighted by Gasteiger charge is -2.35. The monoisotopic (exact) mass is 336 g/mol. The topological polar surface area (TPSA) is 98.5 Å². The maximum absolute atomic E-state index is 12.3. The standard InChI is InChI=1S/C16H24N4O4/c1-4-12(16(21)24-3)19(11-8-6-7-9-11)15-13(20(22)23)10-17-14(5-2)18-15/h10-12H,4-9H2,1-3H3. The Morgan fingerprint density at radius 2 is 2.12 bits per heavy atom. The third-order valence-corrected chi connectivity index (χ3v) is 4.47. The highest BCUT2D eigenvalue weighted by Gasteiger charge is 2.37. The lowest BCUT2D eigenvalue weighted by atomic mass is 10.1. The van der Waals surface area contributed by atoms with Crippen LogP contribution >= 0.6 is 0 Å². The van der Waals surface area contributed by atoms with Crippen LogP contribution in [-0.4, -0.2) is 40.1 Å². The summed E-state index contributed by atoms with van der Waals surface area (Å²) in [7, 11) is 1.34. The Morgan fingerprint density at radius 3 is 2.62 bits per heavy atom. The fourth-order valence-corrected chi connectivity index (χ4v) is 3.26. The SMILES string of the molecule is CCc1ncc([N+](=O)[O-])c(N(C2CCCC2)C(CC)C(=O)OC)n1. The van der Waals surface area contributed by atoms with Gasteiger partial charge in [0, 0.05) is 12.5 Å². The van der Waals surface area contributed by atoms with Crippen molar-refractivity contribution < 1.29 is 14.5 Å². The van der Waals surface area contributed by atoms with E-state index in [1.54, 1.807) is 4.90 Å². The van der Waals surface area contributed by atoms with Crippen LogP contribution in [0.5, 0.6) is 0 Å². The van der Waals surface area contributed by atoms with Crippen molar-refractivity contribution in [3.63, 3.8) is 0 Å². The molecule has 0 bridgehead atoms. The summed E-state index contributed by atoms with van der Waals surface area (Å²) in [6, 6.07) is -0.538. The zero-order valence-electron chi connectivity index (χ0n) is 14.4. The minimum Gasteiger partial charge on any atom is -0.467 e. The van der Waals surface area contributed by atoms with Gasteiger partial charge in [-0.05, 0) is 19.3 Å². The van der Waals surface area contributed by atoms with Crippen LogP contribution in [0.2, 0.25) is 0 Å². The Labute approximate surface area is 141 Å². The molecular weight excluding hydrogens is 312 g/mol. The second-order valence-electron chi connectivity index (χ2n) is 5.90. The molecule has 0 saturated heterocycles. The molecule has 1 saturated carbocycles. The molecule has 24 heavy (non-hydrogen) atoms.